The van der Waals surface area contributed by atoms with Gasteiger partial charge in [0.1, 0.15) is 23.9 Å². The predicted molar refractivity (Wildman–Crippen MR) is 130 cm³/mol. The molecule has 1 aromatic heterocycles. The molecule has 4 aromatic rings. The van der Waals surface area contributed by atoms with Crippen molar-refractivity contribution in [2.24, 2.45) is 0 Å². The van der Waals surface area contributed by atoms with E-state index in [9.17, 15) is 4.79 Å². The molecule has 0 aliphatic rings. The van der Waals surface area contributed by atoms with Crippen LogP contribution in [-0.2, 0) is 11.4 Å². The number of hydrogen-bond acceptors (Lipinski definition) is 6. The molecule has 0 saturated heterocycles. The smallest absolute Gasteiger partial charge is 0.196 e. The lowest BCUT2D eigenvalue weighted by molar-refractivity contribution is -0.116. The molecule has 6 nitrogen and oxygen atoms in total. The highest BCUT2D eigenvalue weighted by atomic mass is 32.2. The topological polar surface area (TPSA) is 66.2 Å². The molecule has 0 amide bonds. The van der Waals surface area contributed by atoms with Crippen molar-refractivity contribution < 1.29 is 14.3 Å². The number of methoxy groups -OCH3 is 1. The third-order valence-corrected chi connectivity index (χ3v) is 6.37. The summed E-state index contributed by atoms with van der Waals surface area (Å²) in [5, 5.41) is 9.12. The van der Waals surface area contributed by atoms with Crippen molar-refractivity contribution in [3.8, 4) is 28.3 Å². The van der Waals surface area contributed by atoms with Crippen molar-refractivity contribution in [1.82, 2.24) is 14.8 Å². The van der Waals surface area contributed by atoms with Gasteiger partial charge < -0.3 is 9.47 Å². The Morgan fingerprint density at radius 3 is 2.33 bits per heavy atom. The van der Waals surface area contributed by atoms with Crippen molar-refractivity contribution in [2.75, 3.05) is 7.11 Å². The van der Waals surface area contributed by atoms with Crippen LogP contribution in [-0.4, -0.2) is 32.9 Å². The van der Waals surface area contributed by atoms with Gasteiger partial charge in [-0.2, -0.15) is 0 Å². The lowest BCUT2D eigenvalue weighted by atomic mass is 10.1. The van der Waals surface area contributed by atoms with Crippen molar-refractivity contribution >= 4 is 17.5 Å². The molecule has 1 atom stereocenters. The molecule has 0 N–H and O–H groups in total. The molecule has 7 heteroatoms. The van der Waals surface area contributed by atoms with E-state index in [1.165, 1.54) is 11.8 Å². The van der Waals surface area contributed by atoms with E-state index in [1.54, 1.807) is 14.0 Å². The number of carbonyl (C=O) groups is 1. The van der Waals surface area contributed by atoms with Crippen molar-refractivity contribution in [1.29, 1.82) is 0 Å². The number of thioether (sulfide) groups is 1. The summed E-state index contributed by atoms with van der Waals surface area (Å²) in [5.41, 5.74) is 2.87. The standard InChI is InChI=1S/C26H25N3O3S/c1-18(30)19(2)33-26-28-27-25(29(26)22-14-8-10-16-24(22)31-3)17-32-23-15-9-7-13-21(23)20-11-5-4-6-12-20/h4-16,19H,17H2,1-3H3. The van der Waals surface area contributed by atoms with E-state index in [1.807, 2.05) is 78.2 Å². The zero-order valence-electron chi connectivity index (χ0n) is 18.8. The van der Waals surface area contributed by atoms with Gasteiger partial charge in [-0.15, -0.1) is 10.2 Å². The fourth-order valence-corrected chi connectivity index (χ4v) is 4.24. The Labute approximate surface area is 197 Å². The van der Waals surface area contributed by atoms with E-state index in [4.69, 9.17) is 9.47 Å². The number of carbonyl (C=O) groups excluding carboxylic acids is 1. The first-order chi connectivity index (χ1) is 16.1. The highest BCUT2D eigenvalue weighted by molar-refractivity contribution is 8.00. The minimum Gasteiger partial charge on any atom is -0.495 e. The van der Waals surface area contributed by atoms with Gasteiger partial charge in [0, 0.05) is 5.56 Å². The lowest BCUT2D eigenvalue weighted by Crippen LogP contribution is -2.12. The summed E-state index contributed by atoms with van der Waals surface area (Å²) in [6.45, 7) is 3.64. The summed E-state index contributed by atoms with van der Waals surface area (Å²) in [7, 11) is 1.63. The second kappa shape index (κ2) is 10.4. The van der Waals surface area contributed by atoms with Crippen LogP contribution in [0.1, 0.15) is 19.7 Å². The molecule has 0 aliphatic heterocycles. The van der Waals surface area contributed by atoms with E-state index < -0.39 is 0 Å². The van der Waals surface area contributed by atoms with Crippen molar-refractivity contribution in [2.45, 2.75) is 30.9 Å². The molecule has 33 heavy (non-hydrogen) atoms. The maximum Gasteiger partial charge on any atom is 0.196 e. The number of hydrogen-bond donors (Lipinski definition) is 0. The summed E-state index contributed by atoms with van der Waals surface area (Å²) in [4.78, 5) is 11.9. The van der Waals surface area contributed by atoms with Gasteiger partial charge in [-0.1, -0.05) is 72.4 Å². The number of ketones is 1. The first-order valence-electron chi connectivity index (χ1n) is 10.6. The Kier molecular flexibility index (Phi) is 7.10. The fourth-order valence-electron chi connectivity index (χ4n) is 3.36. The highest BCUT2D eigenvalue weighted by Crippen LogP contribution is 2.33. The van der Waals surface area contributed by atoms with E-state index in [0.29, 0.717) is 16.7 Å². The van der Waals surface area contributed by atoms with Gasteiger partial charge in [0.05, 0.1) is 18.0 Å². The molecule has 0 radical (unpaired) electrons. The van der Waals surface area contributed by atoms with Crippen LogP contribution in [0.3, 0.4) is 0 Å². The summed E-state index contributed by atoms with van der Waals surface area (Å²) in [6, 6.07) is 25.7. The maximum atomic E-state index is 11.9. The number of nitrogens with zero attached hydrogens (tertiary/aromatic N) is 3. The van der Waals surface area contributed by atoms with E-state index in [0.717, 1.165) is 22.6 Å². The summed E-state index contributed by atoms with van der Waals surface area (Å²) < 4.78 is 13.7. The summed E-state index contributed by atoms with van der Waals surface area (Å²) >= 11 is 1.36. The molecular weight excluding hydrogens is 434 g/mol. The van der Waals surface area contributed by atoms with Gasteiger partial charge in [0.15, 0.2) is 11.0 Å². The van der Waals surface area contributed by atoms with Crippen LogP contribution in [0.4, 0.5) is 0 Å². The number of aromatic nitrogens is 3. The molecular formula is C26H25N3O3S. The van der Waals surface area contributed by atoms with Gasteiger partial charge >= 0.3 is 0 Å². The third kappa shape index (κ3) is 5.09. The fraction of sp³-hybridized carbons (Fsp3) is 0.192. The van der Waals surface area contributed by atoms with E-state index in [2.05, 4.69) is 22.3 Å². The lowest BCUT2D eigenvalue weighted by Gasteiger charge is -2.16. The quantitative estimate of drug-likeness (QED) is 0.304. The molecule has 4 rings (SSSR count). The van der Waals surface area contributed by atoms with Crippen LogP contribution in [0.2, 0.25) is 0 Å². The molecule has 1 unspecified atom stereocenters. The number of Topliss-reactive ketones (excluding diaryl/α,β-unsaturated/α-hetero) is 1. The Morgan fingerprint density at radius 1 is 0.939 bits per heavy atom. The van der Waals surface area contributed by atoms with Gasteiger partial charge in [0.2, 0.25) is 0 Å². The molecule has 0 saturated carbocycles. The largest absolute Gasteiger partial charge is 0.495 e. The Morgan fingerprint density at radius 2 is 1.61 bits per heavy atom. The van der Waals surface area contributed by atoms with Crippen molar-refractivity contribution in [3.63, 3.8) is 0 Å². The Bertz CT molecular complexity index is 1240. The first kappa shape index (κ1) is 22.6. The highest BCUT2D eigenvalue weighted by Gasteiger charge is 2.21. The molecule has 3 aromatic carbocycles. The van der Waals surface area contributed by atoms with Gasteiger partial charge in [-0.3, -0.25) is 9.36 Å². The van der Waals surface area contributed by atoms with Gasteiger partial charge in [0.25, 0.3) is 0 Å². The average molecular weight is 460 g/mol. The minimum absolute atomic E-state index is 0.0733. The molecule has 0 bridgehead atoms. The minimum atomic E-state index is -0.254. The Balaban J connectivity index is 1.69. The van der Waals surface area contributed by atoms with E-state index >= 15 is 0 Å². The number of benzene rings is 3. The summed E-state index contributed by atoms with van der Waals surface area (Å²) in [6.07, 6.45) is 0. The number of ether oxygens (including phenoxy) is 2. The SMILES string of the molecule is COc1ccccc1-n1c(COc2ccccc2-c2ccccc2)nnc1SC(C)C(C)=O. The molecule has 1 heterocycles. The second-order valence-electron chi connectivity index (χ2n) is 7.43. The van der Waals surface area contributed by atoms with Crippen LogP contribution in [0, 0.1) is 0 Å². The average Bonchev–Trinajstić information content (AvgIpc) is 3.25. The van der Waals surface area contributed by atoms with Crippen molar-refractivity contribution in [3.05, 3.63) is 84.7 Å². The van der Waals surface area contributed by atoms with Crippen LogP contribution < -0.4 is 9.47 Å². The summed E-state index contributed by atoms with van der Waals surface area (Å²) in [5.74, 6) is 2.12. The molecule has 0 spiro atoms. The van der Waals surface area contributed by atoms with Crippen LogP contribution in [0.5, 0.6) is 11.5 Å². The number of para-hydroxylation sites is 3. The van der Waals surface area contributed by atoms with Gasteiger partial charge in [-0.05, 0) is 37.6 Å². The monoisotopic (exact) mass is 459 g/mol. The number of rotatable bonds is 9. The maximum absolute atomic E-state index is 11.9. The molecule has 168 valence electrons. The predicted octanol–water partition coefficient (Wildman–Crippen LogP) is 5.59. The third-order valence-electron chi connectivity index (χ3n) is 5.21. The van der Waals surface area contributed by atoms with E-state index in [-0.39, 0.29) is 17.6 Å². The zero-order chi connectivity index (χ0) is 23.2. The van der Waals surface area contributed by atoms with Crippen LogP contribution >= 0.6 is 11.8 Å². The Hall–Kier alpha value is -3.58. The zero-order valence-corrected chi connectivity index (χ0v) is 19.6. The molecule has 0 fully saturated rings. The molecule has 0 aliphatic carbocycles. The van der Waals surface area contributed by atoms with Gasteiger partial charge in [-0.25, -0.2) is 0 Å². The van der Waals surface area contributed by atoms with Crippen LogP contribution in [0.25, 0.3) is 16.8 Å². The second-order valence-corrected chi connectivity index (χ2v) is 8.74. The first-order valence-corrected chi connectivity index (χ1v) is 11.5. The normalized spacial score (nSPS) is 11.7. The van der Waals surface area contributed by atoms with Crippen LogP contribution in [0.15, 0.2) is 84.0 Å².